The standard InChI is InChI=1S/C12H13NO6.C2H6/c1-6-8(4-13-5-10(14)15)2-7(11(16)17)3-9(6)12(18)19;1-2/h2-3,13H,4-5H2,1H3,(H,14,15)(H,16,17)(H,18,19);1-2H3. The molecule has 0 unspecified atom stereocenters. The minimum atomic E-state index is -1.23. The van der Waals surface area contributed by atoms with Crippen molar-refractivity contribution in [2.75, 3.05) is 6.54 Å². The molecule has 0 atom stereocenters. The summed E-state index contributed by atoms with van der Waals surface area (Å²) in [5, 5.41) is 29.0. The molecule has 0 radical (unpaired) electrons. The Hall–Kier alpha value is -2.41. The fraction of sp³-hybridized carbons (Fsp3) is 0.357. The molecule has 21 heavy (non-hydrogen) atoms. The normalized spacial score (nSPS) is 9.48. The fourth-order valence-electron chi connectivity index (χ4n) is 1.61. The Morgan fingerprint density at radius 3 is 2.05 bits per heavy atom. The molecule has 7 nitrogen and oxygen atoms in total. The first-order chi connectivity index (χ1) is 9.82. The Bertz CT molecular complexity index is 539. The number of hydrogen-bond acceptors (Lipinski definition) is 4. The Labute approximate surface area is 122 Å². The Morgan fingerprint density at radius 2 is 1.62 bits per heavy atom. The van der Waals surface area contributed by atoms with Gasteiger partial charge in [-0.2, -0.15) is 0 Å². The third kappa shape index (κ3) is 5.62. The van der Waals surface area contributed by atoms with Crippen LogP contribution < -0.4 is 5.32 Å². The summed E-state index contributed by atoms with van der Waals surface area (Å²) in [7, 11) is 0. The van der Waals surface area contributed by atoms with Gasteiger partial charge in [-0.25, -0.2) is 9.59 Å². The summed E-state index contributed by atoms with van der Waals surface area (Å²) in [4.78, 5) is 32.3. The minimum absolute atomic E-state index is 0.0829. The molecule has 0 amide bonds. The molecule has 1 aromatic carbocycles. The summed E-state index contributed by atoms with van der Waals surface area (Å²) < 4.78 is 0. The van der Waals surface area contributed by atoms with E-state index in [4.69, 9.17) is 15.3 Å². The van der Waals surface area contributed by atoms with Crippen LogP contribution in [-0.4, -0.2) is 39.8 Å². The predicted octanol–water partition coefficient (Wildman–Crippen LogP) is 1.59. The predicted molar refractivity (Wildman–Crippen MR) is 75.8 cm³/mol. The topological polar surface area (TPSA) is 124 Å². The molecule has 1 rings (SSSR count). The summed E-state index contributed by atoms with van der Waals surface area (Å²) >= 11 is 0. The molecule has 0 aromatic heterocycles. The highest BCUT2D eigenvalue weighted by molar-refractivity contribution is 5.95. The summed E-state index contributed by atoms with van der Waals surface area (Å²) in [6.07, 6.45) is 0. The molecule has 0 bridgehead atoms. The molecule has 0 fully saturated rings. The first-order valence-electron chi connectivity index (χ1n) is 6.35. The van der Waals surface area contributed by atoms with Gasteiger partial charge in [-0.15, -0.1) is 0 Å². The van der Waals surface area contributed by atoms with Crippen molar-refractivity contribution in [1.29, 1.82) is 0 Å². The van der Waals surface area contributed by atoms with E-state index in [1.807, 2.05) is 13.8 Å². The van der Waals surface area contributed by atoms with Gasteiger partial charge in [0.2, 0.25) is 0 Å². The van der Waals surface area contributed by atoms with E-state index in [0.29, 0.717) is 11.1 Å². The average Bonchev–Trinajstić information content (AvgIpc) is 2.41. The number of carboxylic acids is 3. The lowest BCUT2D eigenvalue weighted by Gasteiger charge is -2.11. The van der Waals surface area contributed by atoms with E-state index < -0.39 is 17.9 Å². The van der Waals surface area contributed by atoms with Crippen LogP contribution in [0.3, 0.4) is 0 Å². The van der Waals surface area contributed by atoms with Crippen molar-refractivity contribution < 1.29 is 29.7 Å². The highest BCUT2D eigenvalue weighted by Crippen LogP contribution is 2.17. The van der Waals surface area contributed by atoms with Gasteiger partial charge in [-0.3, -0.25) is 4.79 Å². The number of aromatic carboxylic acids is 2. The monoisotopic (exact) mass is 297 g/mol. The lowest BCUT2D eigenvalue weighted by molar-refractivity contribution is -0.136. The molecule has 0 aliphatic carbocycles. The van der Waals surface area contributed by atoms with Crippen molar-refractivity contribution >= 4 is 17.9 Å². The van der Waals surface area contributed by atoms with Gasteiger partial charge in [0.25, 0.3) is 0 Å². The summed E-state index contributed by atoms with van der Waals surface area (Å²) in [6.45, 7) is 5.34. The third-order valence-electron chi connectivity index (χ3n) is 2.58. The molecule has 0 heterocycles. The first-order valence-corrected chi connectivity index (χ1v) is 6.35. The van der Waals surface area contributed by atoms with E-state index in [9.17, 15) is 14.4 Å². The van der Waals surface area contributed by atoms with Gasteiger partial charge in [0.1, 0.15) is 0 Å². The Morgan fingerprint density at radius 1 is 1.05 bits per heavy atom. The summed E-state index contributed by atoms with van der Waals surface area (Å²) in [5.74, 6) is -3.51. The maximum Gasteiger partial charge on any atom is 0.335 e. The van der Waals surface area contributed by atoms with Crippen LogP contribution in [0.4, 0.5) is 0 Å². The van der Waals surface area contributed by atoms with E-state index in [1.54, 1.807) is 6.92 Å². The molecule has 0 saturated carbocycles. The van der Waals surface area contributed by atoms with Gasteiger partial charge >= 0.3 is 17.9 Å². The smallest absolute Gasteiger partial charge is 0.335 e. The molecule has 0 aliphatic rings. The molecule has 1 aromatic rings. The van der Waals surface area contributed by atoms with Gasteiger partial charge in [0, 0.05) is 6.54 Å². The summed E-state index contributed by atoms with van der Waals surface area (Å²) in [5.41, 5.74) is 0.607. The van der Waals surface area contributed by atoms with Crippen molar-refractivity contribution in [3.05, 3.63) is 34.4 Å². The van der Waals surface area contributed by atoms with Crippen molar-refractivity contribution in [3.63, 3.8) is 0 Å². The highest BCUT2D eigenvalue weighted by atomic mass is 16.4. The van der Waals surface area contributed by atoms with Gasteiger partial charge in [0.05, 0.1) is 17.7 Å². The van der Waals surface area contributed by atoms with Gasteiger partial charge in [-0.1, -0.05) is 13.8 Å². The zero-order valence-corrected chi connectivity index (χ0v) is 12.1. The van der Waals surface area contributed by atoms with E-state index in [1.165, 1.54) is 6.07 Å². The average molecular weight is 297 g/mol. The second-order valence-electron chi connectivity index (χ2n) is 3.92. The fourth-order valence-corrected chi connectivity index (χ4v) is 1.61. The third-order valence-corrected chi connectivity index (χ3v) is 2.58. The van der Waals surface area contributed by atoms with Gasteiger partial charge < -0.3 is 20.6 Å². The number of benzene rings is 1. The van der Waals surface area contributed by atoms with E-state index >= 15 is 0 Å². The number of aliphatic carboxylic acids is 1. The Kier molecular flexibility index (Phi) is 7.70. The molecule has 116 valence electrons. The van der Waals surface area contributed by atoms with Crippen LogP contribution in [0, 0.1) is 6.92 Å². The molecule has 0 aliphatic heterocycles. The summed E-state index contributed by atoms with van der Waals surface area (Å²) in [6, 6.07) is 2.42. The largest absolute Gasteiger partial charge is 0.480 e. The van der Waals surface area contributed by atoms with Crippen molar-refractivity contribution in [2.24, 2.45) is 0 Å². The Balaban J connectivity index is 0.00000191. The number of nitrogens with one attached hydrogen (secondary N) is 1. The van der Waals surface area contributed by atoms with E-state index in [-0.39, 0.29) is 24.2 Å². The number of hydrogen-bond donors (Lipinski definition) is 4. The minimum Gasteiger partial charge on any atom is -0.480 e. The lowest BCUT2D eigenvalue weighted by atomic mass is 9.98. The van der Waals surface area contributed by atoms with Crippen LogP contribution in [0.15, 0.2) is 12.1 Å². The molecule has 0 saturated heterocycles. The van der Waals surface area contributed by atoms with Crippen molar-refractivity contribution in [1.82, 2.24) is 5.32 Å². The van der Waals surface area contributed by atoms with Crippen molar-refractivity contribution in [2.45, 2.75) is 27.3 Å². The van der Waals surface area contributed by atoms with Crippen LogP contribution >= 0.6 is 0 Å². The first kappa shape index (κ1) is 18.6. The number of carboxylic acid groups (broad SMARTS) is 3. The van der Waals surface area contributed by atoms with Crippen LogP contribution in [0.25, 0.3) is 0 Å². The highest BCUT2D eigenvalue weighted by Gasteiger charge is 2.15. The second kappa shape index (κ2) is 8.70. The molecule has 0 spiro atoms. The SMILES string of the molecule is CC.Cc1c(CNCC(=O)O)cc(C(=O)O)cc1C(=O)O. The van der Waals surface area contributed by atoms with Crippen LogP contribution in [0.1, 0.15) is 45.7 Å². The van der Waals surface area contributed by atoms with E-state index in [2.05, 4.69) is 5.32 Å². The van der Waals surface area contributed by atoms with E-state index in [0.717, 1.165) is 6.07 Å². The molecular formula is C14H19NO6. The zero-order chi connectivity index (χ0) is 16.6. The second-order valence-corrected chi connectivity index (χ2v) is 3.92. The maximum absolute atomic E-state index is 11.0. The molecular weight excluding hydrogens is 278 g/mol. The van der Waals surface area contributed by atoms with Gasteiger partial charge in [-0.05, 0) is 30.2 Å². The lowest BCUT2D eigenvalue weighted by Crippen LogP contribution is -2.23. The number of rotatable bonds is 6. The van der Waals surface area contributed by atoms with Crippen LogP contribution in [0.5, 0.6) is 0 Å². The van der Waals surface area contributed by atoms with Crippen molar-refractivity contribution in [3.8, 4) is 0 Å². The van der Waals surface area contributed by atoms with Crippen LogP contribution in [-0.2, 0) is 11.3 Å². The maximum atomic E-state index is 11.0. The van der Waals surface area contributed by atoms with Crippen LogP contribution in [0.2, 0.25) is 0 Å². The number of carbonyl (C=O) groups is 3. The molecule has 7 heteroatoms. The zero-order valence-electron chi connectivity index (χ0n) is 12.1. The quantitative estimate of drug-likeness (QED) is 0.628. The van der Waals surface area contributed by atoms with Gasteiger partial charge in [0.15, 0.2) is 0 Å². The molecule has 4 N–H and O–H groups in total.